The summed E-state index contributed by atoms with van der Waals surface area (Å²) in [5.41, 5.74) is 2.22. The lowest BCUT2D eigenvalue weighted by Gasteiger charge is -2.15. The van der Waals surface area contributed by atoms with Gasteiger partial charge in [0.2, 0.25) is 0 Å². The zero-order valence-corrected chi connectivity index (χ0v) is 13.0. The summed E-state index contributed by atoms with van der Waals surface area (Å²) >= 11 is 1.55. The third-order valence-electron chi connectivity index (χ3n) is 3.66. The van der Waals surface area contributed by atoms with Crippen LogP contribution in [0.3, 0.4) is 0 Å². The molecule has 0 saturated carbocycles. The van der Waals surface area contributed by atoms with Crippen molar-refractivity contribution in [3.8, 4) is 6.07 Å². The van der Waals surface area contributed by atoms with Gasteiger partial charge in [-0.2, -0.15) is 5.26 Å². The number of carbonyl (C=O) groups excluding carboxylic acids is 1. The number of thiazole rings is 1. The number of hydrogen-bond acceptors (Lipinski definition) is 4. The lowest BCUT2D eigenvalue weighted by Crippen LogP contribution is -2.19. The molecular formula is C16H16N4OS. The van der Waals surface area contributed by atoms with Crippen molar-refractivity contribution in [2.45, 2.75) is 26.2 Å². The Labute approximate surface area is 133 Å². The molecule has 0 aliphatic heterocycles. The van der Waals surface area contributed by atoms with E-state index < -0.39 is 0 Å². The highest BCUT2D eigenvalue weighted by Crippen LogP contribution is 2.32. The minimum Gasteiger partial charge on any atom is -0.308 e. The number of fused-ring (bicyclic) bond motifs is 1. The number of nitrogens with one attached hydrogen (secondary N) is 2. The van der Waals surface area contributed by atoms with Crippen LogP contribution in [0.5, 0.6) is 0 Å². The zero-order valence-electron chi connectivity index (χ0n) is 12.2. The first-order valence-electron chi connectivity index (χ1n) is 7.21. The number of aromatic nitrogens is 1. The van der Waals surface area contributed by atoms with Gasteiger partial charge in [0.05, 0.1) is 17.3 Å². The molecule has 1 unspecified atom stereocenters. The van der Waals surface area contributed by atoms with Gasteiger partial charge < -0.3 is 5.32 Å². The van der Waals surface area contributed by atoms with Gasteiger partial charge in [0.25, 0.3) is 0 Å². The number of aryl methyl sites for hydroxylation is 1. The summed E-state index contributed by atoms with van der Waals surface area (Å²) in [6.45, 7) is 2.24. The van der Waals surface area contributed by atoms with Gasteiger partial charge in [-0.3, -0.25) is 5.32 Å². The Hall–Kier alpha value is -2.39. The largest absolute Gasteiger partial charge is 0.325 e. The summed E-state index contributed by atoms with van der Waals surface area (Å²) in [6.07, 6.45) is 3.18. The van der Waals surface area contributed by atoms with Crippen molar-refractivity contribution in [1.29, 1.82) is 5.26 Å². The standard InChI is InChI=1S/C16H16N4OS/c1-10-5-6-13-14(7-10)22-16(19-13)20-15(21)18-12-4-2-3-11(8-12)9-17/h2-4,8,10H,5-7H2,1H3,(H2,18,19,20,21). The molecule has 22 heavy (non-hydrogen) atoms. The molecule has 0 radical (unpaired) electrons. The number of nitriles is 1. The van der Waals surface area contributed by atoms with Crippen LogP contribution in [-0.2, 0) is 12.8 Å². The number of benzene rings is 1. The Bertz CT molecular complexity index is 747. The van der Waals surface area contributed by atoms with Crippen molar-refractivity contribution in [3.63, 3.8) is 0 Å². The highest BCUT2D eigenvalue weighted by molar-refractivity contribution is 7.15. The minimum atomic E-state index is -0.339. The molecule has 2 N–H and O–H groups in total. The topological polar surface area (TPSA) is 77.8 Å². The average molecular weight is 312 g/mol. The van der Waals surface area contributed by atoms with Crippen LogP contribution in [0.25, 0.3) is 0 Å². The molecule has 6 heteroatoms. The van der Waals surface area contributed by atoms with E-state index in [1.807, 2.05) is 6.07 Å². The van der Waals surface area contributed by atoms with E-state index in [1.165, 1.54) is 4.88 Å². The van der Waals surface area contributed by atoms with Crippen LogP contribution < -0.4 is 10.6 Å². The summed E-state index contributed by atoms with van der Waals surface area (Å²) in [5.74, 6) is 0.684. The van der Waals surface area contributed by atoms with Gasteiger partial charge in [-0.25, -0.2) is 9.78 Å². The molecule has 0 bridgehead atoms. The molecular weight excluding hydrogens is 296 g/mol. The smallest absolute Gasteiger partial charge is 0.308 e. The molecule has 2 aromatic rings. The van der Waals surface area contributed by atoms with Crippen LogP contribution in [0.2, 0.25) is 0 Å². The van der Waals surface area contributed by atoms with Crippen molar-refractivity contribution in [2.24, 2.45) is 5.92 Å². The van der Waals surface area contributed by atoms with Crippen molar-refractivity contribution in [2.75, 3.05) is 10.6 Å². The minimum absolute atomic E-state index is 0.339. The maximum atomic E-state index is 12.0. The molecule has 1 aromatic carbocycles. The van der Waals surface area contributed by atoms with Gasteiger partial charge in [-0.05, 0) is 43.4 Å². The van der Waals surface area contributed by atoms with Gasteiger partial charge in [-0.1, -0.05) is 13.0 Å². The van der Waals surface area contributed by atoms with Crippen molar-refractivity contribution in [1.82, 2.24) is 4.98 Å². The monoisotopic (exact) mass is 312 g/mol. The molecule has 112 valence electrons. The first kappa shape index (κ1) is 14.5. The third kappa shape index (κ3) is 3.26. The maximum absolute atomic E-state index is 12.0. The Morgan fingerprint density at radius 3 is 3.14 bits per heavy atom. The number of nitrogens with zero attached hydrogens (tertiary/aromatic N) is 2. The number of amides is 2. The molecule has 1 aromatic heterocycles. The van der Waals surface area contributed by atoms with E-state index in [9.17, 15) is 4.79 Å². The van der Waals surface area contributed by atoms with Gasteiger partial charge in [0.1, 0.15) is 0 Å². The van der Waals surface area contributed by atoms with Crippen LogP contribution in [0.15, 0.2) is 24.3 Å². The second-order valence-corrected chi connectivity index (χ2v) is 6.59. The summed E-state index contributed by atoms with van der Waals surface area (Å²) in [4.78, 5) is 17.8. The zero-order chi connectivity index (χ0) is 15.5. The molecule has 0 fully saturated rings. The van der Waals surface area contributed by atoms with E-state index in [4.69, 9.17) is 5.26 Å². The van der Waals surface area contributed by atoms with Gasteiger partial charge in [0.15, 0.2) is 5.13 Å². The Morgan fingerprint density at radius 2 is 2.32 bits per heavy atom. The molecule has 0 saturated heterocycles. The van der Waals surface area contributed by atoms with Crippen molar-refractivity contribution < 1.29 is 4.79 Å². The van der Waals surface area contributed by atoms with E-state index in [2.05, 4.69) is 22.5 Å². The quantitative estimate of drug-likeness (QED) is 0.885. The third-order valence-corrected chi connectivity index (χ3v) is 4.69. The van der Waals surface area contributed by atoms with Crippen LogP contribution in [0.1, 0.15) is 29.5 Å². The van der Waals surface area contributed by atoms with Crippen LogP contribution in [0.4, 0.5) is 15.6 Å². The van der Waals surface area contributed by atoms with E-state index in [0.717, 1.165) is 25.0 Å². The van der Waals surface area contributed by atoms with Crippen LogP contribution >= 0.6 is 11.3 Å². The Balaban J connectivity index is 1.66. The second kappa shape index (κ2) is 6.16. The SMILES string of the molecule is CC1CCc2nc(NC(=O)Nc3cccc(C#N)c3)sc2C1. The fourth-order valence-electron chi connectivity index (χ4n) is 2.52. The molecule has 1 atom stereocenters. The molecule has 1 aliphatic rings. The number of urea groups is 1. The number of carbonyl (C=O) groups is 1. The molecule has 1 aliphatic carbocycles. The molecule has 3 rings (SSSR count). The first-order valence-corrected chi connectivity index (χ1v) is 8.02. The predicted molar refractivity (Wildman–Crippen MR) is 87.1 cm³/mol. The average Bonchev–Trinajstić information content (AvgIpc) is 2.88. The lowest BCUT2D eigenvalue weighted by atomic mass is 9.93. The van der Waals surface area contributed by atoms with Gasteiger partial charge >= 0.3 is 6.03 Å². The normalized spacial score (nSPS) is 16.5. The summed E-state index contributed by atoms with van der Waals surface area (Å²) in [5, 5.41) is 15.0. The summed E-state index contributed by atoms with van der Waals surface area (Å²) in [6, 6.07) is 8.51. The van der Waals surface area contributed by atoms with E-state index >= 15 is 0 Å². The lowest BCUT2D eigenvalue weighted by molar-refractivity contribution is 0.262. The first-order chi connectivity index (χ1) is 10.6. The fraction of sp³-hybridized carbons (Fsp3) is 0.312. The van der Waals surface area contributed by atoms with Crippen LogP contribution in [0, 0.1) is 17.2 Å². The highest BCUT2D eigenvalue weighted by atomic mass is 32.1. The van der Waals surface area contributed by atoms with Crippen LogP contribution in [-0.4, -0.2) is 11.0 Å². The van der Waals surface area contributed by atoms with Gasteiger partial charge in [-0.15, -0.1) is 11.3 Å². The fourth-order valence-corrected chi connectivity index (χ4v) is 3.69. The van der Waals surface area contributed by atoms with E-state index in [0.29, 0.717) is 22.3 Å². The predicted octanol–water partition coefficient (Wildman–Crippen LogP) is 3.78. The Kier molecular flexibility index (Phi) is 4.07. The summed E-state index contributed by atoms with van der Waals surface area (Å²) in [7, 11) is 0. The molecule has 5 nitrogen and oxygen atoms in total. The number of rotatable bonds is 2. The van der Waals surface area contributed by atoms with Crippen molar-refractivity contribution in [3.05, 3.63) is 40.4 Å². The maximum Gasteiger partial charge on any atom is 0.325 e. The highest BCUT2D eigenvalue weighted by Gasteiger charge is 2.20. The number of anilines is 2. The van der Waals surface area contributed by atoms with Gasteiger partial charge in [0, 0.05) is 10.6 Å². The second-order valence-electron chi connectivity index (χ2n) is 5.51. The Morgan fingerprint density at radius 1 is 1.45 bits per heavy atom. The van der Waals surface area contributed by atoms with E-state index in [1.54, 1.807) is 35.6 Å². The van der Waals surface area contributed by atoms with Crippen molar-refractivity contribution >= 4 is 28.2 Å². The van der Waals surface area contributed by atoms with E-state index in [-0.39, 0.29) is 6.03 Å². The molecule has 1 heterocycles. The molecule has 0 spiro atoms. The summed E-state index contributed by atoms with van der Waals surface area (Å²) < 4.78 is 0. The number of hydrogen-bond donors (Lipinski definition) is 2. The molecule has 2 amide bonds.